The van der Waals surface area contributed by atoms with E-state index in [0.717, 1.165) is 25.0 Å². The Morgan fingerprint density at radius 1 is 1.09 bits per heavy atom. The number of hydrogen-bond acceptors (Lipinski definition) is 7. The Bertz CT molecular complexity index is 1490. The number of primary amides is 1. The van der Waals surface area contributed by atoms with Gasteiger partial charge in [-0.05, 0) is 107 Å². The second kappa shape index (κ2) is 17.0. The first-order valence-electron chi connectivity index (χ1n) is 15.8. The fourth-order valence-electron chi connectivity index (χ4n) is 5.32. The van der Waals surface area contributed by atoms with Crippen molar-refractivity contribution >= 4 is 31.2 Å². The lowest BCUT2D eigenvalue weighted by atomic mass is 9.90. The summed E-state index contributed by atoms with van der Waals surface area (Å²) in [5, 5.41) is 2.96. The predicted octanol–water partition coefficient (Wildman–Crippen LogP) is 7.79. The molecule has 2 amide bonds. The zero-order valence-electron chi connectivity index (χ0n) is 26.8. The van der Waals surface area contributed by atoms with Crippen LogP contribution in [-0.2, 0) is 15.7 Å². The van der Waals surface area contributed by atoms with Crippen molar-refractivity contribution in [2.45, 2.75) is 71.4 Å². The van der Waals surface area contributed by atoms with Crippen molar-refractivity contribution in [3.8, 4) is 11.5 Å². The van der Waals surface area contributed by atoms with E-state index in [2.05, 4.69) is 5.32 Å². The molecule has 1 heterocycles. The fraction of sp³-hybridized carbons (Fsp3) is 0.471. The molecular weight excluding hydrogens is 629 g/mol. The quantitative estimate of drug-likeness (QED) is 0.0843. The number of ether oxygens (including phenoxy) is 1. The molecule has 1 aliphatic carbocycles. The van der Waals surface area contributed by atoms with Gasteiger partial charge < -0.3 is 24.7 Å². The number of benzene rings is 2. The van der Waals surface area contributed by atoms with Crippen molar-refractivity contribution in [2.75, 3.05) is 26.1 Å². The number of carbonyl (C=O) groups is 2. The van der Waals surface area contributed by atoms with Gasteiger partial charge in [-0.2, -0.15) is 0 Å². The van der Waals surface area contributed by atoms with Crippen molar-refractivity contribution < 1.29 is 32.4 Å². The third-order valence-electron chi connectivity index (χ3n) is 8.10. The van der Waals surface area contributed by atoms with E-state index in [1.165, 1.54) is 19.3 Å². The highest BCUT2D eigenvalue weighted by Gasteiger charge is 2.33. The highest BCUT2D eigenvalue weighted by Crippen LogP contribution is 2.51. The van der Waals surface area contributed by atoms with Crippen LogP contribution in [0.4, 0.5) is 0 Å². The largest absolute Gasteiger partial charge is 0.492 e. The Morgan fingerprint density at radius 3 is 2.48 bits per heavy atom. The molecule has 46 heavy (non-hydrogen) atoms. The first-order chi connectivity index (χ1) is 22.1. The highest BCUT2D eigenvalue weighted by atomic mass is 35.5. The van der Waals surface area contributed by atoms with Crippen molar-refractivity contribution in [1.29, 1.82) is 0 Å². The number of nitrogens with zero attached hydrogens (tertiary/aromatic N) is 1. The van der Waals surface area contributed by atoms with Gasteiger partial charge in [-0.25, -0.2) is 9.24 Å². The fourth-order valence-corrected chi connectivity index (χ4v) is 6.96. The minimum Gasteiger partial charge on any atom is -0.492 e. The van der Waals surface area contributed by atoms with E-state index >= 15 is 0 Å². The molecule has 0 spiro atoms. The monoisotopic (exact) mass is 673 g/mol. The van der Waals surface area contributed by atoms with Crippen LogP contribution in [0.5, 0.6) is 11.5 Å². The molecule has 2 aromatic carbocycles. The molecule has 0 saturated heterocycles. The van der Waals surface area contributed by atoms with Crippen LogP contribution in [0, 0.1) is 12.8 Å². The molecule has 1 fully saturated rings. The van der Waals surface area contributed by atoms with Crippen molar-refractivity contribution in [2.24, 2.45) is 11.7 Å². The average molecular weight is 674 g/mol. The average Bonchev–Trinajstić information content (AvgIpc) is 3.48. The van der Waals surface area contributed by atoms with Gasteiger partial charge in [0.1, 0.15) is 29.6 Å². The van der Waals surface area contributed by atoms with Gasteiger partial charge in [-0.15, -0.1) is 11.6 Å². The Kier molecular flexibility index (Phi) is 13.2. The maximum atomic E-state index is 13.9. The first-order valence-corrected chi connectivity index (χ1v) is 17.9. The number of furan rings is 1. The molecule has 0 radical (unpaired) electrons. The summed E-state index contributed by atoms with van der Waals surface area (Å²) in [7, 11) is -2.11. The summed E-state index contributed by atoms with van der Waals surface area (Å²) in [5.41, 5.74) is 7.06. The molecule has 4 rings (SSSR count). The lowest BCUT2D eigenvalue weighted by Gasteiger charge is -2.27. The van der Waals surface area contributed by atoms with Crippen LogP contribution in [0.1, 0.15) is 95.7 Å². The second-order valence-electron chi connectivity index (χ2n) is 11.8. The summed E-state index contributed by atoms with van der Waals surface area (Å²) in [6, 6.07) is 14.7. The second-order valence-corrected chi connectivity index (χ2v) is 14.2. The van der Waals surface area contributed by atoms with Gasteiger partial charge in [0.2, 0.25) is 0 Å². The van der Waals surface area contributed by atoms with Gasteiger partial charge >= 0.3 is 7.75 Å². The van der Waals surface area contributed by atoms with Crippen LogP contribution >= 0.6 is 19.3 Å². The molecule has 12 heteroatoms. The number of nitrogens with two attached hydrogens (primary N) is 1. The van der Waals surface area contributed by atoms with Crippen molar-refractivity contribution in [1.82, 2.24) is 9.99 Å². The van der Waals surface area contributed by atoms with Crippen LogP contribution in [0.3, 0.4) is 0 Å². The number of amides is 2. The number of alkyl halides is 1. The normalized spacial score (nSPS) is 15.7. The maximum absolute atomic E-state index is 13.9. The Morgan fingerprint density at radius 2 is 1.83 bits per heavy atom. The summed E-state index contributed by atoms with van der Waals surface area (Å²) in [4.78, 5) is 25.4. The smallest absolute Gasteiger partial charge is 0.461 e. The number of unbranched alkanes of at least 4 members (excludes halogenated alkanes) is 1. The number of halogens is 1. The molecule has 2 unspecified atom stereocenters. The van der Waals surface area contributed by atoms with E-state index in [4.69, 9.17) is 35.5 Å². The van der Waals surface area contributed by atoms with Gasteiger partial charge in [0, 0.05) is 18.0 Å². The molecule has 1 aromatic heterocycles. The molecule has 3 aromatic rings. The number of aryl methyl sites for hydroxylation is 1. The van der Waals surface area contributed by atoms with Crippen molar-refractivity contribution in [3.63, 3.8) is 0 Å². The standard InChI is InChI=1S/C34H45ClN3O7P/c1-24-11-15-30(44-24)23-43-46(41,38(3)20-8-7-19-35)45-29-16-12-27(13-17-29)34(40)37-25(2)28-14-18-32(31(21-28)33(36)39)42-22-26-9-5-4-6-10-26/h11-18,21,25-26H,4-10,19-20,22-23H2,1-3H3,(H2,36,39)(H,37,40). The van der Waals surface area contributed by atoms with Crippen LogP contribution in [0.2, 0.25) is 0 Å². The predicted molar refractivity (Wildman–Crippen MR) is 178 cm³/mol. The Hall–Kier alpha value is -3.30. The first kappa shape index (κ1) is 35.6. The molecule has 2 atom stereocenters. The maximum Gasteiger partial charge on any atom is 0.461 e. The Labute approximate surface area is 276 Å². The van der Waals surface area contributed by atoms with E-state index in [1.807, 2.05) is 19.9 Å². The molecule has 3 N–H and O–H groups in total. The summed E-state index contributed by atoms with van der Waals surface area (Å²) >= 11 is 5.82. The molecule has 1 aliphatic rings. The molecule has 1 saturated carbocycles. The molecular formula is C34H45ClN3O7P. The summed E-state index contributed by atoms with van der Waals surface area (Å²) in [6.45, 7) is 4.62. The van der Waals surface area contributed by atoms with Gasteiger partial charge in [0.25, 0.3) is 11.8 Å². The Balaban J connectivity index is 1.39. The lowest BCUT2D eigenvalue weighted by Crippen LogP contribution is -2.27. The SMILES string of the molecule is Cc1ccc(COP(=O)(Oc2ccc(C(=O)NC(C)c3ccc(OCC4CCCCC4)c(C(N)=O)c3)cc2)N(C)CCCCCl)o1. The summed E-state index contributed by atoms with van der Waals surface area (Å²) < 4.78 is 38.7. The minimum absolute atomic E-state index is 0.0333. The molecule has 250 valence electrons. The molecule has 10 nitrogen and oxygen atoms in total. The zero-order valence-corrected chi connectivity index (χ0v) is 28.5. The van der Waals surface area contributed by atoms with E-state index in [1.54, 1.807) is 60.2 Å². The van der Waals surface area contributed by atoms with E-state index in [9.17, 15) is 14.2 Å². The van der Waals surface area contributed by atoms with Gasteiger partial charge in [-0.1, -0.05) is 25.3 Å². The van der Waals surface area contributed by atoms with Crippen molar-refractivity contribution in [3.05, 3.63) is 82.8 Å². The van der Waals surface area contributed by atoms with Crippen LogP contribution in [0.15, 0.2) is 59.0 Å². The number of rotatable bonds is 17. The number of hydrogen-bond donors (Lipinski definition) is 2. The highest BCUT2D eigenvalue weighted by molar-refractivity contribution is 7.51. The molecule has 0 aliphatic heterocycles. The van der Waals surface area contributed by atoms with Gasteiger partial charge in [0.15, 0.2) is 0 Å². The van der Waals surface area contributed by atoms with Gasteiger partial charge in [0.05, 0.1) is 18.2 Å². The lowest BCUT2D eigenvalue weighted by molar-refractivity contribution is 0.0939. The summed E-state index contributed by atoms with van der Waals surface area (Å²) in [5.74, 6) is 2.06. The van der Waals surface area contributed by atoms with E-state index in [-0.39, 0.29) is 23.8 Å². The topological polar surface area (TPSA) is 133 Å². The zero-order chi connectivity index (χ0) is 33.1. The van der Waals surface area contributed by atoms with E-state index < -0.39 is 19.7 Å². The van der Waals surface area contributed by atoms with Crippen LogP contribution in [0.25, 0.3) is 0 Å². The third kappa shape index (κ3) is 10.1. The van der Waals surface area contributed by atoms with Crippen LogP contribution in [-0.4, -0.2) is 42.6 Å². The summed E-state index contributed by atoms with van der Waals surface area (Å²) in [6.07, 6.45) is 7.40. The third-order valence-corrected chi connectivity index (χ3v) is 10.3. The minimum atomic E-state index is -3.78. The van der Waals surface area contributed by atoms with E-state index in [0.29, 0.717) is 54.0 Å². The van der Waals surface area contributed by atoms with Gasteiger partial charge in [-0.3, -0.25) is 14.1 Å². The van der Waals surface area contributed by atoms with Crippen LogP contribution < -0.4 is 20.3 Å². The molecule has 0 bridgehead atoms. The number of nitrogens with one attached hydrogen (secondary N) is 1. The number of carbonyl (C=O) groups excluding carboxylic acids is 2.